The molecule has 0 saturated carbocycles. The van der Waals surface area contributed by atoms with Crippen LogP contribution in [0.5, 0.6) is 0 Å². The molecule has 4 heteroatoms. The maximum atomic E-state index is 3.02. The van der Waals surface area contributed by atoms with Gasteiger partial charge in [-0.15, -0.1) is 0 Å². The molecule has 0 N–H and O–H groups in total. The zero-order valence-electron chi connectivity index (χ0n) is 28.8. The van der Waals surface area contributed by atoms with Crippen molar-refractivity contribution < 1.29 is 0 Å². The average Bonchev–Trinajstić information content (AvgIpc) is 2.95. The lowest BCUT2D eigenvalue weighted by molar-refractivity contribution is 0.799. The van der Waals surface area contributed by atoms with Gasteiger partial charge in [-0.05, 0) is 101 Å². The lowest BCUT2D eigenvalue weighted by Gasteiger charge is -2.56. The van der Waals surface area contributed by atoms with Crippen molar-refractivity contribution in [3.8, 4) is 0 Å². The first-order chi connectivity index (χ1) is 19.0. The summed E-state index contributed by atoms with van der Waals surface area (Å²) in [7, 11) is 0.493. The zero-order valence-corrected chi connectivity index (χ0v) is 32.4. The molecule has 39 heavy (non-hydrogen) atoms. The molecule has 0 radical (unpaired) electrons. The average molecular weight is 621 g/mol. The fourth-order valence-electron chi connectivity index (χ4n) is 6.13. The summed E-state index contributed by atoms with van der Waals surface area (Å²) in [5, 5.41) is 1.11. The summed E-state index contributed by atoms with van der Waals surface area (Å²) in [6.45, 7) is 22.7. The Bertz CT molecular complexity index is 439. The first-order valence-electron chi connectivity index (χ1n) is 17.9. The van der Waals surface area contributed by atoms with Gasteiger partial charge in [-0.2, -0.15) is 0 Å². The van der Waals surface area contributed by atoms with E-state index in [-0.39, 0.29) is 31.7 Å². The molecule has 236 valence electrons. The normalized spacial score (nSPS) is 12.8. The number of rotatable bonds is 29. The van der Waals surface area contributed by atoms with Crippen molar-refractivity contribution in [3.63, 3.8) is 0 Å². The SMILES string of the molecule is CCCCP(CCCC)C(P(CCCC)CCCC)C(C)(P(CCCC)CCCC)P(CCCC)CCCC. The van der Waals surface area contributed by atoms with Crippen LogP contribution in [0.4, 0.5) is 0 Å². The molecule has 0 saturated heterocycles. The Morgan fingerprint density at radius 2 is 0.564 bits per heavy atom. The minimum Gasteiger partial charge on any atom is -0.0978 e. The van der Waals surface area contributed by atoms with Crippen LogP contribution in [0.3, 0.4) is 0 Å². The third-order valence-corrected chi connectivity index (χ3v) is 25.7. The molecule has 0 amide bonds. The lowest BCUT2D eigenvalue weighted by atomic mass is 10.4. The van der Waals surface area contributed by atoms with Crippen molar-refractivity contribution in [2.45, 2.75) is 175 Å². The van der Waals surface area contributed by atoms with Crippen molar-refractivity contribution in [2.75, 3.05) is 49.3 Å². The molecule has 0 aromatic carbocycles. The lowest BCUT2D eigenvalue weighted by Crippen LogP contribution is -2.39. The van der Waals surface area contributed by atoms with Gasteiger partial charge in [-0.3, -0.25) is 0 Å². The Labute approximate surface area is 255 Å². The molecule has 0 unspecified atom stereocenters. The fraction of sp³-hybridized carbons (Fsp3) is 1.00. The van der Waals surface area contributed by atoms with E-state index in [4.69, 9.17) is 0 Å². The van der Waals surface area contributed by atoms with Crippen molar-refractivity contribution in [3.05, 3.63) is 0 Å². The standard InChI is InChI=1S/C35H76P4/c1-10-18-26-36(27-19-11-2)34(37(28-20-12-3)29-21-13-4)35(9,38(30-22-14-5)31-23-15-6)39(32-24-16-7)33-25-17-8/h34H,10-33H2,1-9H3. The maximum Gasteiger partial charge on any atom is 0.0184 e. The Kier molecular flexibility index (Phi) is 28.5. The van der Waals surface area contributed by atoms with Gasteiger partial charge < -0.3 is 0 Å². The summed E-state index contributed by atoms with van der Waals surface area (Å²) in [5.74, 6) is 0. The van der Waals surface area contributed by atoms with Gasteiger partial charge in [0.1, 0.15) is 0 Å². The zero-order chi connectivity index (χ0) is 29.4. The van der Waals surface area contributed by atoms with Gasteiger partial charge in [0.15, 0.2) is 0 Å². The summed E-state index contributed by atoms with van der Waals surface area (Å²) in [4.78, 5) is 0.680. The van der Waals surface area contributed by atoms with E-state index in [1.165, 1.54) is 103 Å². The van der Waals surface area contributed by atoms with Gasteiger partial charge in [-0.25, -0.2) is 0 Å². The van der Waals surface area contributed by atoms with Crippen LogP contribution in [-0.2, 0) is 0 Å². The van der Waals surface area contributed by atoms with Crippen LogP contribution < -0.4 is 0 Å². The minimum atomic E-state index is 0.107. The van der Waals surface area contributed by atoms with Crippen molar-refractivity contribution in [2.24, 2.45) is 0 Å². The monoisotopic (exact) mass is 620 g/mol. The predicted octanol–water partition coefficient (Wildman–Crippen LogP) is 14.4. The van der Waals surface area contributed by atoms with Crippen molar-refractivity contribution in [1.82, 2.24) is 0 Å². The Morgan fingerprint density at radius 1 is 0.359 bits per heavy atom. The highest BCUT2D eigenvalue weighted by Gasteiger charge is 2.50. The largest absolute Gasteiger partial charge is 0.0978 e. The second kappa shape index (κ2) is 27.3. The van der Waals surface area contributed by atoms with Crippen LogP contribution in [-0.4, -0.2) is 59.6 Å². The van der Waals surface area contributed by atoms with E-state index in [0.717, 1.165) is 5.40 Å². The molecule has 0 atom stereocenters. The van der Waals surface area contributed by atoms with Gasteiger partial charge in [-0.1, -0.05) is 145 Å². The molecule has 0 aromatic rings. The molecule has 0 spiro atoms. The van der Waals surface area contributed by atoms with Gasteiger partial charge >= 0.3 is 0 Å². The van der Waals surface area contributed by atoms with Gasteiger partial charge in [0.05, 0.1) is 0 Å². The van der Waals surface area contributed by atoms with Crippen LogP contribution in [0.2, 0.25) is 0 Å². The van der Waals surface area contributed by atoms with Crippen LogP contribution in [0.1, 0.15) is 165 Å². The quantitative estimate of drug-likeness (QED) is 0.0730. The molecule has 0 heterocycles. The van der Waals surface area contributed by atoms with Crippen LogP contribution in [0, 0.1) is 0 Å². The highest BCUT2D eigenvalue weighted by molar-refractivity contribution is 7.84. The molecule has 0 aliphatic carbocycles. The first kappa shape index (κ1) is 40.7. The highest BCUT2D eigenvalue weighted by Crippen LogP contribution is 2.79. The summed E-state index contributed by atoms with van der Waals surface area (Å²) < 4.78 is 0. The third-order valence-electron chi connectivity index (χ3n) is 8.78. The Hall–Kier alpha value is 1.72. The summed E-state index contributed by atoms with van der Waals surface area (Å²) in [6.07, 6.45) is 35.9. The first-order valence-corrected chi connectivity index (χ1v) is 24.9. The summed E-state index contributed by atoms with van der Waals surface area (Å²) in [5.41, 5.74) is 0. The number of hydrogen-bond donors (Lipinski definition) is 0. The van der Waals surface area contributed by atoms with Crippen LogP contribution in [0.25, 0.3) is 0 Å². The van der Waals surface area contributed by atoms with Gasteiger partial charge in [0, 0.05) is 10.3 Å². The van der Waals surface area contributed by atoms with Crippen LogP contribution >= 0.6 is 31.7 Å². The number of unbranched alkanes of at least 4 members (excludes halogenated alkanes) is 8. The molecule has 0 nitrogen and oxygen atoms in total. The van der Waals surface area contributed by atoms with E-state index in [0.29, 0.717) is 4.90 Å². The topological polar surface area (TPSA) is 0 Å². The summed E-state index contributed by atoms with van der Waals surface area (Å²) in [6, 6.07) is 0. The molecule has 0 aliphatic rings. The highest BCUT2D eigenvalue weighted by atomic mass is 31.2. The predicted molar refractivity (Wildman–Crippen MR) is 198 cm³/mol. The van der Waals surface area contributed by atoms with Crippen molar-refractivity contribution >= 4 is 31.7 Å². The summed E-state index contributed by atoms with van der Waals surface area (Å²) >= 11 is 0. The van der Waals surface area contributed by atoms with E-state index in [2.05, 4.69) is 62.3 Å². The maximum absolute atomic E-state index is 3.02. The number of hydrogen-bond acceptors (Lipinski definition) is 0. The Balaban J connectivity index is 7.20. The minimum absolute atomic E-state index is 0.107. The van der Waals surface area contributed by atoms with E-state index in [1.54, 1.807) is 49.3 Å². The van der Waals surface area contributed by atoms with Gasteiger partial charge in [0.25, 0.3) is 0 Å². The van der Waals surface area contributed by atoms with E-state index in [9.17, 15) is 0 Å². The van der Waals surface area contributed by atoms with Gasteiger partial charge in [0.2, 0.25) is 0 Å². The molecule has 0 aliphatic heterocycles. The second-order valence-electron chi connectivity index (χ2n) is 12.3. The van der Waals surface area contributed by atoms with Crippen molar-refractivity contribution in [1.29, 1.82) is 0 Å². The molecule has 0 fully saturated rings. The van der Waals surface area contributed by atoms with Crippen LogP contribution in [0.15, 0.2) is 0 Å². The van der Waals surface area contributed by atoms with E-state index in [1.807, 2.05) is 0 Å². The third kappa shape index (κ3) is 15.8. The van der Waals surface area contributed by atoms with E-state index >= 15 is 0 Å². The fourth-order valence-corrected chi connectivity index (χ4v) is 27.5. The van der Waals surface area contributed by atoms with E-state index < -0.39 is 0 Å². The molecular formula is C35H76P4. The molecule has 0 bridgehead atoms. The smallest absolute Gasteiger partial charge is 0.0184 e. The second-order valence-corrected chi connectivity index (χ2v) is 24.1. The molecular weight excluding hydrogens is 544 g/mol. The molecule has 0 aromatic heterocycles. The molecule has 0 rings (SSSR count). The Morgan fingerprint density at radius 3 is 0.769 bits per heavy atom.